The second kappa shape index (κ2) is 10.3. The van der Waals surface area contributed by atoms with Crippen LogP contribution in [0, 0.1) is 0 Å². The number of allylic oxidation sites excluding steroid dienone is 3. The van der Waals surface area contributed by atoms with E-state index >= 15 is 0 Å². The van der Waals surface area contributed by atoms with Crippen molar-refractivity contribution in [2.75, 3.05) is 0 Å². The summed E-state index contributed by atoms with van der Waals surface area (Å²) in [4.78, 5) is 10.4. The van der Waals surface area contributed by atoms with Gasteiger partial charge in [0.1, 0.15) is 0 Å². The number of hydrogen-bond acceptors (Lipinski definition) is 1. The SMILES string of the molecule is CCCCCc1ccc(-c2ccc(CC=CC=CC(=O)O)cc2)cc1. The van der Waals surface area contributed by atoms with E-state index in [1.165, 1.54) is 41.5 Å². The number of carboxylic acid groups (broad SMARTS) is 1. The number of unbranched alkanes of at least 4 members (excludes halogenated alkanes) is 2. The van der Waals surface area contributed by atoms with E-state index in [0.29, 0.717) is 0 Å². The molecule has 2 heteroatoms. The number of rotatable bonds is 9. The lowest BCUT2D eigenvalue weighted by atomic mass is 10.00. The van der Waals surface area contributed by atoms with E-state index < -0.39 is 5.97 Å². The molecule has 0 atom stereocenters. The van der Waals surface area contributed by atoms with Crippen molar-refractivity contribution < 1.29 is 9.90 Å². The molecule has 25 heavy (non-hydrogen) atoms. The summed E-state index contributed by atoms with van der Waals surface area (Å²) in [6.07, 6.45) is 12.2. The molecule has 0 aliphatic rings. The van der Waals surface area contributed by atoms with Crippen molar-refractivity contribution in [2.24, 2.45) is 0 Å². The highest BCUT2D eigenvalue weighted by molar-refractivity contribution is 5.80. The fourth-order valence-corrected chi connectivity index (χ4v) is 2.70. The van der Waals surface area contributed by atoms with Crippen molar-refractivity contribution in [1.82, 2.24) is 0 Å². The summed E-state index contributed by atoms with van der Waals surface area (Å²) < 4.78 is 0. The largest absolute Gasteiger partial charge is 0.478 e. The lowest BCUT2D eigenvalue weighted by Gasteiger charge is -2.06. The first-order valence-electron chi connectivity index (χ1n) is 8.93. The zero-order valence-corrected chi connectivity index (χ0v) is 14.8. The van der Waals surface area contributed by atoms with Gasteiger partial charge in [-0.3, -0.25) is 0 Å². The van der Waals surface area contributed by atoms with Crippen molar-refractivity contribution in [3.63, 3.8) is 0 Å². The van der Waals surface area contributed by atoms with Crippen LogP contribution in [0.1, 0.15) is 37.3 Å². The van der Waals surface area contributed by atoms with Crippen LogP contribution in [0.3, 0.4) is 0 Å². The summed E-state index contributed by atoms with van der Waals surface area (Å²) in [6.45, 7) is 2.23. The average Bonchev–Trinajstić information content (AvgIpc) is 2.63. The number of aliphatic carboxylic acids is 1. The molecule has 130 valence electrons. The second-order valence-electron chi connectivity index (χ2n) is 6.18. The third kappa shape index (κ3) is 6.80. The van der Waals surface area contributed by atoms with Gasteiger partial charge in [0.2, 0.25) is 0 Å². The first kappa shape index (κ1) is 18.7. The zero-order valence-electron chi connectivity index (χ0n) is 14.8. The molecule has 0 saturated heterocycles. The molecule has 0 fully saturated rings. The molecule has 0 aliphatic carbocycles. The Labute approximate surface area is 150 Å². The van der Waals surface area contributed by atoms with Crippen LogP contribution < -0.4 is 0 Å². The number of carboxylic acids is 1. The van der Waals surface area contributed by atoms with Gasteiger partial charge in [-0.2, -0.15) is 0 Å². The Balaban J connectivity index is 1.91. The van der Waals surface area contributed by atoms with Crippen molar-refractivity contribution in [2.45, 2.75) is 39.0 Å². The van der Waals surface area contributed by atoms with Gasteiger partial charge in [0, 0.05) is 6.08 Å². The molecule has 2 rings (SSSR count). The van der Waals surface area contributed by atoms with Crippen LogP contribution in [0.4, 0.5) is 0 Å². The molecule has 0 aliphatic heterocycles. The summed E-state index contributed by atoms with van der Waals surface area (Å²) in [7, 11) is 0. The molecule has 2 aromatic carbocycles. The summed E-state index contributed by atoms with van der Waals surface area (Å²) in [5, 5.41) is 8.52. The predicted octanol–water partition coefficient (Wildman–Crippen LogP) is 5.83. The predicted molar refractivity (Wildman–Crippen MR) is 105 cm³/mol. The first-order valence-corrected chi connectivity index (χ1v) is 8.93. The van der Waals surface area contributed by atoms with Crippen LogP contribution in [-0.4, -0.2) is 11.1 Å². The van der Waals surface area contributed by atoms with Crippen molar-refractivity contribution in [1.29, 1.82) is 0 Å². The smallest absolute Gasteiger partial charge is 0.328 e. The van der Waals surface area contributed by atoms with Crippen LogP contribution in [0.2, 0.25) is 0 Å². The van der Waals surface area contributed by atoms with Gasteiger partial charge in [-0.05, 0) is 41.5 Å². The summed E-state index contributed by atoms with van der Waals surface area (Å²) in [5.74, 6) is -0.926. The van der Waals surface area contributed by atoms with Crippen LogP contribution in [-0.2, 0) is 17.6 Å². The number of benzene rings is 2. The van der Waals surface area contributed by atoms with Crippen molar-refractivity contribution in [3.05, 3.63) is 84.0 Å². The monoisotopic (exact) mass is 334 g/mol. The normalized spacial score (nSPS) is 11.4. The molecular formula is C23H26O2. The van der Waals surface area contributed by atoms with Gasteiger partial charge < -0.3 is 5.11 Å². The Morgan fingerprint density at radius 1 is 0.880 bits per heavy atom. The van der Waals surface area contributed by atoms with Crippen LogP contribution in [0.25, 0.3) is 11.1 Å². The fourth-order valence-electron chi connectivity index (χ4n) is 2.70. The van der Waals surface area contributed by atoms with E-state index in [2.05, 4.69) is 55.5 Å². The highest BCUT2D eigenvalue weighted by Gasteiger charge is 1.99. The molecule has 0 heterocycles. The number of hydrogen-bond donors (Lipinski definition) is 1. The molecule has 0 aromatic heterocycles. The molecular weight excluding hydrogens is 308 g/mol. The minimum atomic E-state index is -0.926. The molecule has 1 N–H and O–H groups in total. The Morgan fingerprint density at radius 3 is 2.04 bits per heavy atom. The lowest BCUT2D eigenvalue weighted by molar-refractivity contribution is -0.131. The summed E-state index contributed by atoms with van der Waals surface area (Å²) in [6, 6.07) is 17.4. The van der Waals surface area contributed by atoms with Crippen LogP contribution >= 0.6 is 0 Å². The van der Waals surface area contributed by atoms with Crippen LogP contribution in [0.5, 0.6) is 0 Å². The Kier molecular flexibility index (Phi) is 7.71. The van der Waals surface area contributed by atoms with Gasteiger partial charge >= 0.3 is 5.97 Å². The molecule has 0 saturated carbocycles. The molecule has 0 radical (unpaired) electrons. The Bertz CT molecular complexity index is 707. The quantitative estimate of drug-likeness (QED) is 0.356. The molecule has 0 bridgehead atoms. The van der Waals surface area contributed by atoms with E-state index in [1.54, 1.807) is 12.2 Å². The maximum atomic E-state index is 10.4. The first-order chi connectivity index (χ1) is 12.2. The van der Waals surface area contributed by atoms with E-state index in [1.807, 2.05) is 6.08 Å². The number of aryl methyl sites for hydroxylation is 1. The molecule has 0 spiro atoms. The standard InChI is InChI=1S/C23H26O2/c1-2-3-5-8-19-11-15-21(16-12-19)22-17-13-20(14-18-22)9-6-4-7-10-23(24)25/h4,6-7,10-18H,2-3,5,8-9H2,1H3,(H,24,25). The van der Waals surface area contributed by atoms with Crippen molar-refractivity contribution in [3.8, 4) is 11.1 Å². The van der Waals surface area contributed by atoms with E-state index in [4.69, 9.17) is 5.11 Å². The molecule has 2 nitrogen and oxygen atoms in total. The lowest BCUT2D eigenvalue weighted by Crippen LogP contribution is -1.86. The number of carbonyl (C=O) groups is 1. The van der Waals surface area contributed by atoms with Gasteiger partial charge in [-0.25, -0.2) is 4.79 Å². The highest BCUT2D eigenvalue weighted by atomic mass is 16.4. The van der Waals surface area contributed by atoms with Gasteiger partial charge in [0.25, 0.3) is 0 Å². The van der Waals surface area contributed by atoms with Gasteiger partial charge in [-0.1, -0.05) is 86.5 Å². The zero-order chi connectivity index (χ0) is 17.9. The van der Waals surface area contributed by atoms with Crippen LogP contribution in [0.15, 0.2) is 72.8 Å². The second-order valence-corrected chi connectivity index (χ2v) is 6.18. The third-order valence-corrected chi connectivity index (χ3v) is 4.15. The summed E-state index contributed by atoms with van der Waals surface area (Å²) >= 11 is 0. The highest BCUT2D eigenvalue weighted by Crippen LogP contribution is 2.21. The topological polar surface area (TPSA) is 37.3 Å². The van der Waals surface area contributed by atoms with Gasteiger partial charge in [0.15, 0.2) is 0 Å². The van der Waals surface area contributed by atoms with E-state index in [-0.39, 0.29) is 0 Å². The maximum Gasteiger partial charge on any atom is 0.328 e. The molecule has 0 amide bonds. The summed E-state index contributed by atoms with van der Waals surface area (Å²) in [5.41, 5.74) is 5.08. The van der Waals surface area contributed by atoms with E-state index in [9.17, 15) is 4.79 Å². The van der Waals surface area contributed by atoms with Crippen molar-refractivity contribution >= 4 is 5.97 Å². The third-order valence-electron chi connectivity index (χ3n) is 4.15. The van der Waals surface area contributed by atoms with E-state index in [0.717, 1.165) is 18.9 Å². The Hall–Kier alpha value is -2.61. The van der Waals surface area contributed by atoms with Gasteiger partial charge in [-0.15, -0.1) is 0 Å². The average molecular weight is 334 g/mol. The van der Waals surface area contributed by atoms with Gasteiger partial charge in [0.05, 0.1) is 0 Å². The minimum Gasteiger partial charge on any atom is -0.478 e. The molecule has 0 unspecified atom stereocenters. The molecule has 2 aromatic rings. The minimum absolute atomic E-state index is 0.792. The fraction of sp³-hybridized carbons (Fsp3) is 0.261. The Morgan fingerprint density at radius 2 is 1.48 bits per heavy atom. The maximum absolute atomic E-state index is 10.4.